The Kier molecular flexibility index (Phi) is 6.48. The van der Waals surface area contributed by atoms with Crippen LogP contribution >= 0.6 is 0 Å². The third-order valence-corrected chi connectivity index (χ3v) is 3.95. The first kappa shape index (κ1) is 17.8. The third kappa shape index (κ3) is 5.93. The molecule has 7 heteroatoms. The van der Waals surface area contributed by atoms with Gasteiger partial charge in [0.2, 0.25) is 5.91 Å². The number of rotatable bonds is 6. The molecule has 1 aliphatic carbocycles. The Balaban J connectivity index is 2.46. The van der Waals surface area contributed by atoms with E-state index in [1.54, 1.807) is 0 Å². The van der Waals surface area contributed by atoms with E-state index in [4.69, 9.17) is 5.11 Å². The van der Waals surface area contributed by atoms with Crippen LogP contribution in [0.25, 0.3) is 0 Å². The van der Waals surface area contributed by atoms with Gasteiger partial charge in [0.15, 0.2) is 0 Å². The van der Waals surface area contributed by atoms with Crippen LogP contribution in [0.15, 0.2) is 0 Å². The van der Waals surface area contributed by atoms with E-state index >= 15 is 0 Å². The van der Waals surface area contributed by atoms with E-state index in [1.807, 2.05) is 6.92 Å². The topological polar surface area (TPSA) is 57.6 Å². The molecule has 0 spiro atoms. The van der Waals surface area contributed by atoms with Gasteiger partial charge in [0.05, 0.1) is 5.92 Å². The predicted molar refractivity (Wildman–Crippen MR) is 70.6 cm³/mol. The fourth-order valence-electron chi connectivity index (χ4n) is 2.80. The van der Waals surface area contributed by atoms with Crippen molar-refractivity contribution in [2.75, 3.05) is 13.1 Å². The van der Waals surface area contributed by atoms with Crippen LogP contribution in [0.1, 0.15) is 45.4 Å². The largest absolute Gasteiger partial charge is 0.480 e. The quantitative estimate of drug-likeness (QED) is 0.820. The molecular weight excluding hydrogens is 287 g/mol. The number of alkyl halides is 3. The van der Waals surface area contributed by atoms with Crippen molar-refractivity contribution in [3.8, 4) is 0 Å². The molecule has 1 amide bonds. The fourth-order valence-corrected chi connectivity index (χ4v) is 2.80. The van der Waals surface area contributed by atoms with Crippen molar-refractivity contribution in [2.45, 2.75) is 51.6 Å². The number of halogens is 3. The van der Waals surface area contributed by atoms with E-state index in [1.165, 1.54) is 4.90 Å². The zero-order valence-corrected chi connectivity index (χ0v) is 12.2. The lowest BCUT2D eigenvalue weighted by Crippen LogP contribution is -2.38. The summed E-state index contributed by atoms with van der Waals surface area (Å²) in [6.45, 7) is 1.87. The first-order chi connectivity index (χ1) is 9.74. The van der Waals surface area contributed by atoms with E-state index < -0.39 is 18.1 Å². The van der Waals surface area contributed by atoms with Crippen LogP contribution in [-0.2, 0) is 9.59 Å². The van der Waals surface area contributed by atoms with Crippen LogP contribution in [0.4, 0.5) is 13.2 Å². The molecule has 0 heterocycles. The molecule has 1 fully saturated rings. The Morgan fingerprint density at radius 1 is 1.19 bits per heavy atom. The molecule has 122 valence electrons. The lowest BCUT2D eigenvalue weighted by Gasteiger charge is -2.30. The van der Waals surface area contributed by atoms with Crippen LogP contribution in [0.2, 0.25) is 0 Å². The summed E-state index contributed by atoms with van der Waals surface area (Å²) < 4.78 is 37.7. The van der Waals surface area contributed by atoms with Gasteiger partial charge in [0.1, 0.15) is 6.54 Å². The van der Waals surface area contributed by atoms with Gasteiger partial charge in [0.25, 0.3) is 0 Å². The van der Waals surface area contributed by atoms with Crippen LogP contribution in [0.5, 0.6) is 0 Å². The van der Waals surface area contributed by atoms with E-state index in [0.717, 1.165) is 0 Å². The molecule has 0 aromatic rings. The molecule has 1 N–H and O–H groups in total. The van der Waals surface area contributed by atoms with Crippen LogP contribution in [0, 0.1) is 11.8 Å². The summed E-state index contributed by atoms with van der Waals surface area (Å²) in [6.07, 6.45) is -2.46. The van der Waals surface area contributed by atoms with Crippen molar-refractivity contribution < 1.29 is 27.9 Å². The second-order valence-electron chi connectivity index (χ2n) is 5.67. The van der Waals surface area contributed by atoms with Crippen molar-refractivity contribution in [2.24, 2.45) is 11.8 Å². The monoisotopic (exact) mass is 309 g/mol. The second-order valence-corrected chi connectivity index (χ2v) is 5.67. The zero-order valence-electron chi connectivity index (χ0n) is 12.2. The normalized spacial score (nSPS) is 22.9. The minimum atomic E-state index is -4.15. The molecule has 1 rings (SSSR count). The number of carbonyl (C=O) groups excluding carboxylic acids is 1. The van der Waals surface area contributed by atoms with Crippen LogP contribution in [0.3, 0.4) is 0 Å². The van der Waals surface area contributed by atoms with Gasteiger partial charge in [-0.1, -0.05) is 6.92 Å². The van der Waals surface area contributed by atoms with Crippen molar-refractivity contribution in [1.29, 1.82) is 0 Å². The van der Waals surface area contributed by atoms with Gasteiger partial charge in [-0.25, -0.2) is 0 Å². The summed E-state index contributed by atoms with van der Waals surface area (Å²) in [5, 5.41) is 8.77. The number of nitrogens with zero attached hydrogens (tertiary/aromatic N) is 1. The van der Waals surface area contributed by atoms with Crippen LogP contribution < -0.4 is 0 Å². The SMILES string of the molecule is CCCN(CC(=O)O)C(=O)CC1CCC(C(F)(F)F)CC1. The molecule has 0 radical (unpaired) electrons. The summed E-state index contributed by atoms with van der Waals surface area (Å²) in [4.78, 5) is 24.0. The van der Waals surface area contributed by atoms with Crippen molar-refractivity contribution in [3.63, 3.8) is 0 Å². The smallest absolute Gasteiger partial charge is 0.391 e. The maximum Gasteiger partial charge on any atom is 0.391 e. The number of carboxylic acids is 1. The van der Waals surface area contributed by atoms with Gasteiger partial charge >= 0.3 is 12.1 Å². The highest BCUT2D eigenvalue weighted by Gasteiger charge is 2.41. The number of amides is 1. The Hall–Kier alpha value is -1.27. The maximum absolute atomic E-state index is 12.6. The summed E-state index contributed by atoms with van der Waals surface area (Å²) in [7, 11) is 0. The molecule has 0 aromatic carbocycles. The van der Waals surface area contributed by atoms with Gasteiger partial charge in [-0.15, -0.1) is 0 Å². The first-order valence-electron chi connectivity index (χ1n) is 7.30. The average molecular weight is 309 g/mol. The zero-order chi connectivity index (χ0) is 16.0. The summed E-state index contributed by atoms with van der Waals surface area (Å²) >= 11 is 0. The molecule has 0 aliphatic heterocycles. The molecule has 0 aromatic heterocycles. The molecular formula is C14H22F3NO3. The Morgan fingerprint density at radius 2 is 1.76 bits per heavy atom. The van der Waals surface area contributed by atoms with Gasteiger partial charge in [-0.2, -0.15) is 13.2 Å². The molecule has 0 bridgehead atoms. The van der Waals surface area contributed by atoms with Crippen LogP contribution in [-0.4, -0.2) is 41.1 Å². The van der Waals surface area contributed by atoms with E-state index in [-0.39, 0.29) is 37.6 Å². The molecule has 21 heavy (non-hydrogen) atoms. The molecule has 4 nitrogen and oxygen atoms in total. The van der Waals surface area contributed by atoms with Crippen molar-refractivity contribution >= 4 is 11.9 Å². The number of hydrogen-bond acceptors (Lipinski definition) is 2. The highest BCUT2D eigenvalue weighted by Crippen LogP contribution is 2.40. The Bertz CT molecular complexity index is 363. The molecule has 0 atom stereocenters. The minimum Gasteiger partial charge on any atom is -0.480 e. The van der Waals surface area contributed by atoms with Crippen molar-refractivity contribution in [1.82, 2.24) is 4.90 Å². The number of carbonyl (C=O) groups is 2. The standard InChI is InChI=1S/C14H22F3NO3/c1-2-7-18(9-13(20)21)12(19)8-10-3-5-11(6-4-10)14(15,16)17/h10-11H,2-9H2,1H3,(H,20,21). The van der Waals surface area contributed by atoms with Gasteiger partial charge in [0, 0.05) is 13.0 Å². The van der Waals surface area contributed by atoms with Gasteiger partial charge in [-0.05, 0) is 38.0 Å². The number of hydrogen-bond donors (Lipinski definition) is 1. The lowest BCUT2D eigenvalue weighted by atomic mass is 9.80. The summed E-state index contributed by atoms with van der Waals surface area (Å²) in [6, 6.07) is 0. The first-order valence-corrected chi connectivity index (χ1v) is 7.30. The Morgan fingerprint density at radius 3 is 2.19 bits per heavy atom. The van der Waals surface area contributed by atoms with E-state index in [0.29, 0.717) is 25.8 Å². The predicted octanol–water partition coefficient (Wildman–Crippen LogP) is 3.07. The van der Waals surface area contributed by atoms with Gasteiger partial charge in [-0.3, -0.25) is 9.59 Å². The maximum atomic E-state index is 12.6. The fraction of sp³-hybridized carbons (Fsp3) is 0.857. The van der Waals surface area contributed by atoms with Gasteiger partial charge < -0.3 is 10.0 Å². The molecule has 1 saturated carbocycles. The van der Waals surface area contributed by atoms with E-state index in [9.17, 15) is 22.8 Å². The highest BCUT2D eigenvalue weighted by atomic mass is 19.4. The second kappa shape index (κ2) is 7.66. The lowest BCUT2D eigenvalue weighted by molar-refractivity contribution is -0.184. The summed E-state index contributed by atoms with van der Waals surface area (Å²) in [5.41, 5.74) is 0. The average Bonchev–Trinajstić information content (AvgIpc) is 2.37. The van der Waals surface area contributed by atoms with Crippen molar-refractivity contribution in [3.05, 3.63) is 0 Å². The Labute approximate surface area is 122 Å². The number of carboxylic acid groups (broad SMARTS) is 1. The third-order valence-electron chi connectivity index (χ3n) is 3.95. The highest BCUT2D eigenvalue weighted by molar-refractivity contribution is 5.81. The molecule has 0 saturated heterocycles. The van der Waals surface area contributed by atoms with E-state index in [2.05, 4.69) is 0 Å². The molecule has 1 aliphatic rings. The minimum absolute atomic E-state index is 0.0636. The number of aliphatic carboxylic acids is 1. The molecule has 0 unspecified atom stereocenters. The summed E-state index contributed by atoms with van der Waals surface area (Å²) in [5.74, 6) is -2.66.